The largest absolute Gasteiger partial charge is 0.351 e. The predicted molar refractivity (Wildman–Crippen MR) is 139 cm³/mol. The van der Waals surface area contributed by atoms with E-state index in [0.29, 0.717) is 0 Å². The van der Waals surface area contributed by atoms with Crippen LogP contribution in [-0.4, -0.2) is 51.7 Å². The standard InChI is InChI=1S/C28H25ClF4N4O3/c29-21-7-2-1-6-20(21)25(26(39)35-18-13-28(32,33)14-18)36(19-5-3-4-16(30)12-19)27(40)22-9-11-24(38)37(22)23-10-8-17(31)15-34-23/h1-8,10,15,18-19,22,25H,9,11-14H2,(H,35,39)/t19?,22-,25-/m0/s1. The van der Waals surface area contributed by atoms with Gasteiger partial charge in [0.2, 0.25) is 17.7 Å². The second kappa shape index (κ2) is 11.0. The molecule has 1 saturated heterocycles. The van der Waals surface area contributed by atoms with Gasteiger partial charge in [0.25, 0.3) is 5.92 Å². The van der Waals surface area contributed by atoms with E-state index in [9.17, 15) is 31.9 Å². The number of benzene rings is 1. The molecule has 1 aromatic carbocycles. The molecule has 1 saturated carbocycles. The molecule has 12 heteroatoms. The second-order valence-electron chi connectivity index (χ2n) is 10.1. The van der Waals surface area contributed by atoms with E-state index >= 15 is 0 Å². The minimum atomic E-state index is -2.90. The van der Waals surface area contributed by atoms with Crippen LogP contribution in [0.4, 0.5) is 23.4 Å². The third-order valence-electron chi connectivity index (χ3n) is 7.24. The van der Waals surface area contributed by atoms with E-state index in [1.807, 2.05) is 0 Å². The lowest BCUT2D eigenvalue weighted by atomic mass is 9.87. The molecular weight excluding hydrogens is 552 g/mol. The zero-order valence-electron chi connectivity index (χ0n) is 21.1. The number of aromatic nitrogens is 1. The highest BCUT2D eigenvalue weighted by Gasteiger charge is 2.49. The molecule has 5 rings (SSSR count). The van der Waals surface area contributed by atoms with E-state index in [1.165, 1.54) is 30.4 Å². The Morgan fingerprint density at radius 2 is 1.90 bits per heavy atom. The first-order valence-corrected chi connectivity index (χ1v) is 13.1. The monoisotopic (exact) mass is 576 g/mol. The number of carbonyl (C=O) groups excluding carboxylic acids is 3. The van der Waals surface area contributed by atoms with Crippen molar-refractivity contribution in [2.24, 2.45) is 0 Å². The van der Waals surface area contributed by atoms with Gasteiger partial charge in [-0.1, -0.05) is 42.0 Å². The number of pyridine rings is 1. The van der Waals surface area contributed by atoms with Gasteiger partial charge >= 0.3 is 0 Å². The van der Waals surface area contributed by atoms with E-state index in [1.54, 1.807) is 18.2 Å². The van der Waals surface area contributed by atoms with Crippen molar-refractivity contribution in [3.63, 3.8) is 0 Å². The Kier molecular flexibility index (Phi) is 7.67. The molecule has 2 aliphatic carbocycles. The molecule has 3 aliphatic rings. The fourth-order valence-electron chi connectivity index (χ4n) is 5.34. The molecule has 40 heavy (non-hydrogen) atoms. The Bertz CT molecular complexity index is 1380. The Hall–Kier alpha value is -3.73. The number of nitrogens with one attached hydrogen (secondary N) is 1. The van der Waals surface area contributed by atoms with Crippen LogP contribution in [0.3, 0.4) is 0 Å². The van der Waals surface area contributed by atoms with E-state index < -0.39 is 72.3 Å². The average Bonchev–Trinajstić information content (AvgIpc) is 3.28. The third-order valence-corrected chi connectivity index (χ3v) is 7.59. The first-order valence-electron chi connectivity index (χ1n) is 12.8. The molecule has 2 fully saturated rings. The molecule has 1 N–H and O–H groups in total. The molecule has 210 valence electrons. The third kappa shape index (κ3) is 5.60. The molecular formula is C28H25ClF4N4O3. The van der Waals surface area contributed by atoms with Crippen molar-refractivity contribution in [1.29, 1.82) is 0 Å². The number of anilines is 1. The Morgan fingerprint density at radius 3 is 2.55 bits per heavy atom. The fourth-order valence-corrected chi connectivity index (χ4v) is 5.58. The van der Waals surface area contributed by atoms with Crippen molar-refractivity contribution in [2.75, 3.05) is 4.90 Å². The van der Waals surface area contributed by atoms with Crippen LogP contribution in [-0.2, 0) is 14.4 Å². The molecule has 0 spiro atoms. The highest BCUT2D eigenvalue weighted by Crippen LogP contribution is 2.40. The van der Waals surface area contributed by atoms with Crippen LogP contribution in [0.15, 0.2) is 66.6 Å². The summed E-state index contributed by atoms with van der Waals surface area (Å²) in [4.78, 5) is 47.3. The summed E-state index contributed by atoms with van der Waals surface area (Å²) in [6.07, 6.45) is 3.79. The molecule has 1 aliphatic heterocycles. The van der Waals surface area contributed by atoms with Gasteiger partial charge in [-0.05, 0) is 30.7 Å². The number of amides is 3. The lowest BCUT2D eigenvalue weighted by Crippen LogP contribution is -2.57. The number of allylic oxidation sites excluding steroid dienone is 2. The Labute approximate surface area is 232 Å². The molecule has 1 aromatic heterocycles. The summed E-state index contributed by atoms with van der Waals surface area (Å²) in [5, 5.41) is 2.73. The summed E-state index contributed by atoms with van der Waals surface area (Å²) in [6, 6.07) is 4.28. The molecule has 3 atom stereocenters. The molecule has 7 nitrogen and oxygen atoms in total. The van der Waals surface area contributed by atoms with Gasteiger partial charge in [0.05, 0.1) is 12.2 Å². The molecule has 2 aromatic rings. The zero-order chi connectivity index (χ0) is 28.6. The summed E-state index contributed by atoms with van der Waals surface area (Å²) >= 11 is 6.48. The topological polar surface area (TPSA) is 82.6 Å². The number of rotatable bonds is 7. The zero-order valence-corrected chi connectivity index (χ0v) is 21.8. The molecule has 3 amide bonds. The second-order valence-corrected chi connectivity index (χ2v) is 10.5. The van der Waals surface area contributed by atoms with Crippen molar-refractivity contribution < 1.29 is 31.9 Å². The first-order chi connectivity index (χ1) is 19.0. The van der Waals surface area contributed by atoms with Crippen LogP contribution in [0.1, 0.15) is 43.7 Å². The van der Waals surface area contributed by atoms with Crippen LogP contribution in [0.25, 0.3) is 0 Å². The summed E-state index contributed by atoms with van der Waals surface area (Å²) in [5.41, 5.74) is 0.209. The summed E-state index contributed by atoms with van der Waals surface area (Å²) in [5.74, 6) is -5.92. The van der Waals surface area contributed by atoms with E-state index in [-0.39, 0.29) is 35.7 Å². The number of carbonyl (C=O) groups is 3. The van der Waals surface area contributed by atoms with Crippen LogP contribution in [0, 0.1) is 5.82 Å². The van der Waals surface area contributed by atoms with Crippen LogP contribution in [0.5, 0.6) is 0 Å². The van der Waals surface area contributed by atoms with Crippen LogP contribution in [0.2, 0.25) is 5.02 Å². The maximum atomic E-state index is 14.5. The number of hydrogen-bond acceptors (Lipinski definition) is 4. The van der Waals surface area contributed by atoms with Crippen molar-refractivity contribution in [1.82, 2.24) is 15.2 Å². The van der Waals surface area contributed by atoms with Gasteiger partial charge in [0.1, 0.15) is 29.5 Å². The Balaban J connectivity index is 1.56. The van der Waals surface area contributed by atoms with Gasteiger partial charge in [-0.15, -0.1) is 0 Å². The predicted octanol–water partition coefficient (Wildman–Crippen LogP) is 5.04. The molecule has 0 bridgehead atoms. The lowest BCUT2D eigenvalue weighted by Gasteiger charge is -2.42. The fraction of sp³-hybridized carbons (Fsp3) is 0.357. The van der Waals surface area contributed by atoms with Crippen molar-refractivity contribution in [3.8, 4) is 0 Å². The normalized spacial score (nSPS) is 22.9. The summed E-state index contributed by atoms with van der Waals surface area (Å²) < 4.78 is 55.2. The van der Waals surface area contributed by atoms with Crippen molar-refractivity contribution in [2.45, 2.75) is 62.2 Å². The van der Waals surface area contributed by atoms with Crippen molar-refractivity contribution in [3.05, 3.63) is 83.1 Å². The minimum Gasteiger partial charge on any atom is -0.351 e. The first kappa shape index (κ1) is 27.8. The van der Waals surface area contributed by atoms with Gasteiger partial charge in [-0.3, -0.25) is 19.3 Å². The molecule has 1 unspecified atom stereocenters. The summed E-state index contributed by atoms with van der Waals surface area (Å²) in [6.45, 7) is 0. The smallest absolute Gasteiger partial charge is 0.252 e. The van der Waals surface area contributed by atoms with Crippen LogP contribution >= 0.6 is 11.6 Å². The molecule has 0 radical (unpaired) electrons. The van der Waals surface area contributed by atoms with Crippen LogP contribution < -0.4 is 10.2 Å². The number of hydrogen-bond donors (Lipinski definition) is 1. The maximum absolute atomic E-state index is 14.5. The van der Waals surface area contributed by atoms with E-state index in [4.69, 9.17) is 11.6 Å². The Morgan fingerprint density at radius 1 is 1.15 bits per heavy atom. The minimum absolute atomic E-state index is 0.0157. The lowest BCUT2D eigenvalue weighted by molar-refractivity contribution is -0.146. The number of nitrogens with zero attached hydrogens (tertiary/aromatic N) is 3. The van der Waals surface area contributed by atoms with E-state index in [0.717, 1.165) is 22.1 Å². The van der Waals surface area contributed by atoms with Gasteiger partial charge in [0.15, 0.2) is 0 Å². The highest BCUT2D eigenvalue weighted by atomic mass is 35.5. The van der Waals surface area contributed by atoms with E-state index in [2.05, 4.69) is 10.3 Å². The van der Waals surface area contributed by atoms with Gasteiger partial charge in [-0.2, -0.15) is 0 Å². The SMILES string of the molecule is O=C(NC1CC(F)(F)C1)[C@H](c1ccccc1Cl)N(C(=O)[C@@H]1CCC(=O)N1c1ccc(F)cn1)C1C=CC=C(F)C1. The highest BCUT2D eigenvalue weighted by molar-refractivity contribution is 6.31. The molecule has 2 heterocycles. The van der Waals surface area contributed by atoms with Gasteiger partial charge < -0.3 is 10.2 Å². The average molecular weight is 577 g/mol. The quantitative estimate of drug-likeness (QED) is 0.469. The van der Waals surface area contributed by atoms with Crippen molar-refractivity contribution >= 4 is 35.1 Å². The van der Waals surface area contributed by atoms with Gasteiger partial charge in [-0.25, -0.2) is 22.5 Å². The number of halogens is 5. The maximum Gasteiger partial charge on any atom is 0.252 e. The number of alkyl halides is 2. The van der Waals surface area contributed by atoms with Gasteiger partial charge in [0, 0.05) is 42.3 Å². The summed E-state index contributed by atoms with van der Waals surface area (Å²) in [7, 11) is 0.